The Labute approximate surface area is 145 Å². The summed E-state index contributed by atoms with van der Waals surface area (Å²) in [5.41, 5.74) is 0. The molecule has 0 rings (SSSR count). The summed E-state index contributed by atoms with van der Waals surface area (Å²) in [6, 6.07) is 0. The summed E-state index contributed by atoms with van der Waals surface area (Å²) in [5, 5.41) is 2.61. The largest absolute Gasteiger partial charge is 0.447 e. The number of hydrogen-bond donors (Lipinski definition) is 1. The molecule has 23 heavy (non-hydrogen) atoms. The molecule has 0 saturated heterocycles. The molecule has 0 unspecified atom stereocenters. The fraction of sp³-hybridized carbons (Fsp3) is 0.938. The van der Waals surface area contributed by atoms with E-state index in [1.807, 2.05) is 6.92 Å². The first kappa shape index (κ1) is 22.4. The summed E-state index contributed by atoms with van der Waals surface area (Å²) in [4.78, 5) is 11.3. The van der Waals surface area contributed by atoms with Gasteiger partial charge in [0, 0.05) is 25.6 Å². The molecule has 0 radical (unpaired) electrons. The predicted molar refractivity (Wildman–Crippen MR) is 91.3 cm³/mol. The van der Waals surface area contributed by atoms with E-state index in [1.165, 1.54) is 0 Å². The molecule has 7 heteroatoms. The first-order valence-corrected chi connectivity index (χ1v) is 9.04. The zero-order chi connectivity index (χ0) is 17.0. The molecule has 0 bridgehead atoms. The average molecular weight is 354 g/mol. The van der Waals surface area contributed by atoms with Gasteiger partial charge in [0.1, 0.15) is 6.61 Å². The van der Waals surface area contributed by atoms with E-state index in [-0.39, 0.29) is 6.61 Å². The molecule has 0 aromatic rings. The second-order valence-corrected chi connectivity index (χ2v) is 5.38. The molecular formula is C16H32ClNO5. The van der Waals surface area contributed by atoms with E-state index >= 15 is 0 Å². The minimum Gasteiger partial charge on any atom is -0.447 e. The molecule has 0 aliphatic rings. The van der Waals surface area contributed by atoms with Crippen molar-refractivity contribution in [3.8, 4) is 0 Å². The first-order chi connectivity index (χ1) is 11.3. The number of hydrogen-bond acceptors (Lipinski definition) is 5. The van der Waals surface area contributed by atoms with Crippen LogP contribution in [0.5, 0.6) is 0 Å². The Morgan fingerprint density at radius 2 is 1.48 bits per heavy atom. The van der Waals surface area contributed by atoms with Crippen LogP contribution in [-0.4, -0.2) is 64.8 Å². The summed E-state index contributed by atoms with van der Waals surface area (Å²) in [6.07, 6.45) is 4.97. The van der Waals surface area contributed by atoms with Gasteiger partial charge in [-0.3, -0.25) is 0 Å². The number of alkyl carbamates (subject to hydrolysis) is 1. The fourth-order valence-electron chi connectivity index (χ4n) is 1.69. The lowest BCUT2D eigenvalue weighted by molar-refractivity contribution is 0.0455. The van der Waals surface area contributed by atoms with Gasteiger partial charge in [0.05, 0.1) is 26.4 Å². The smallest absolute Gasteiger partial charge is 0.407 e. The highest BCUT2D eigenvalue weighted by molar-refractivity contribution is 6.17. The normalized spacial score (nSPS) is 10.7. The summed E-state index contributed by atoms with van der Waals surface area (Å²) in [5.74, 6) is 0.739. The number of amides is 1. The number of unbranched alkanes of at least 4 members (excludes halogenated alkanes) is 3. The number of carbonyl (C=O) groups excluding carboxylic acids is 1. The van der Waals surface area contributed by atoms with Gasteiger partial charge in [-0.2, -0.15) is 0 Å². The molecule has 0 aromatic heterocycles. The minimum absolute atomic E-state index is 0.269. The molecule has 1 amide bonds. The van der Waals surface area contributed by atoms with Crippen molar-refractivity contribution in [2.75, 3.05) is 58.7 Å². The standard InChI is InChI=1S/C16H32ClNO5/c1-2-9-20-14-15-23-16(19)18-8-11-22-13-12-21-10-6-4-3-5-7-17/h2-15H2,1H3,(H,18,19). The lowest BCUT2D eigenvalue weighted by atomic mass is 10.2. The van der Waals surface area contributed by atoms with Crippen molar-refractivity contribution in [1.82, 2.24) is 5.32 Å². The maximum Gasteiger partial charge on any atom is 0.407 e. The predicted octanol–water partition coefficient (Wildman–Crippen LogP) is 2.97. The maximum atomic E-state index is 11.3. The van der Waals surface area contributed by atoms with Crippen LogP contribution in [0.25, 0.3) is 0 Å². The Morgan fingerprint density at radius 1 is 0.826 bits per heavy atom. The number of alkyl halides is 1. The summed E-state index contributed by atoms with van der Waals surface area (Å²) in [7, 11) is 0. The van der Waals surface area contributed by atoms with Gasteiger partial charge < -0.3 is 24.3 Å². The van der Waals surface area contributed by atoms with Crippen LogP contribution in [0.3, 0.4) is 0 Å². The van der Waals surface area contributed by atoms with Crippen LogP contribution in [-0.2, 0) is 18.9 Å². The second kappa shape index (κ2) is 19.5. The third kappa shape index (κ3) is 19.4. The molecule has 0 saturated carbocycles. The van der Waals surface area contributed by atoms with Crippen LogP contribution in [0.2, 0.25) is 0 Å². The zero-order valence-electron chi connectivity index (χ0n) is 14.3. The molecule has 0 spiro atoms. The summed E-state index contributed by atoms with van der Waals surface area (Å²) in [6.45, 7) is 6.16. The topological polar surface area (TPSA) is 66.0 Å². The maximum absolute atomic E-state index is 11.3. The van der Waals surface area contributed by atoms with Gasteiger partial charge in [-0.25, -0.2) is 4.79 Å². The Kier molecular flexibility index (Phi) is 19.0. The van der Waals surface area contributed by atoms with Crippen LogP contribution in [0.4, 0.5) is 4.79 Å². The molecule has 0 aromatic carbocycles. The molecule has 0 fully saturated rings. The average Bonchev–Trinajstić information content (AvgIpc) is 2.55. The Balaban J connectivity index is 3.10. The Bertz CT molecular complexity index is 257. The van der Waals surface area contributed by atoms with Gasteiger partial charge in [0.2, 0.25) is 0 Å². The molecule has 0 atom stereocenters. The van der Waals surface area contributed by atoms with E-state index in [9.17, 15) is 4.79 Å². The van der Waals surface area contributed by atoms with E-state index in [0.29, 0.717) is 39.6 Å². The van der Waals surface area contributed by atoms with Crippen molar-refractivity contribution in [2.45, 2.75) is 39.0 Å². The van der Waals surface area contributed by atoms with Crippen molar-refractivity contribution in [3.63, 3.8) is 0 Å². The lowest BCUT2D eigenvalue weighted by Gasteiger charge is -2.08. The molecule has 1 N–H and O–H groups in total. The van der Waals surface area contributed by atoms with Crippen LogP contribution >= 0.6 is 11.6 Å². The van der Waals surface area contributed by atoms with Crippen molar-refractivity contribution in [1.29, 1.82) is 0 Å². The third-order valence-electron chi connectivity index (χ3n) is 2.87. The van der Waals surface area contributed by atoms with Gasteiger partial charge in [0.25, 0.3) is 0 Å². The monoisotopic (exact) mass is 353 g/mol. The summed E-state index contributed by atoms with van der Waals surface area (Å²) >= 11 is 5.60. The highest BCUT2D eigenvalue weighted by Crippen LogP contribution is 2.00. The minimum atomic E-state index is -0.443. The first-order valence-electron chi connectivity index (χ1n) is 8.51. The van der Waals surface area contributed by atoms with E-state index in [2.05, 4.69) is 5.32 Å². The van der Waals surface area contributed by atoms with Crippen LogP contribution < -0.4 is 5.32 Å². The number of ether oxygens (including phenoxy) is 4. The molecule has 6 nitrogen and oxygen atoms in total. The quantitative estimate of drug-likeness (QED) is 0.321. The lowest BCUT2D eigenvalue weighted by Crippen LogP contribution is -2.29. The number of carbonyl (C=O) groups is 1. The van der Waals surface area contributed by atoms with E-state index < -0.39 is 6.09 Å². The third-order valence-corrected chi connectivity index (χ3v) is 3.14. The second-order valence-electron chi connectivity index (χ2n) is 5.00. The van der Waals surface area contributed by atoms with Gasteiger partial charge in [0.15, 0.2) is 0 Å². The van der Waals surface area contributed by atoms with Gasteiger partial charge in [-0.05, 0) is 19.3 Å². The molecular weight excluding hydrogens is 322 g/mol. The zero-order valence-corrected chi connectivity index (χ0v) is 15.1. The van der Waals surface area contributed by atoms with Gasteiger partial charge in [-0.1, -0.05) is 19.8 Å². The van der Waals surface area contributed by atoms with Crippen LogP contribution in [0.15, 0.2) is 0 Å². The molecule has 0 aliphatic heterocycles. The molecule has 138 valence electrons. The SMILES string of the molecule is CCCOCCOC(=O)NCCOCCOCCCCCCCl. The number of nitrogens with one attached hydrogen (secondary N) is 1. The van der Waals surface area contributed by atoms with Crippen LogP contribution in [0, 0.1) is 0 Å². The van der Waals surface area contributed by atoms with E-state index in [1.54, 1.807) is 0 Å². The van der Waals surface area contributed by atoms with Gasteiger partial charge >= 0.3 is 6.09 Å². The van der Waals surface area contributed by atoms with Crippen molar-refractivity contribution < 1.29 is 23.7 Å². The fourth-order valence-corrected chi connectivity index (χ4v) is 1.88. The Hall–Kier alpha value is -0.560. The van der Waals surface area contributed by atoms with Crippen molar-refractivity contribution in [2.24, 2.45) is 0 Å². The highest BCUT2D eigenvalue weighted by atomic mass is 35.5. The number of halogens is 1. The Morgan fingerprint density at radius 3 is 2.22 bits per heavy atom. The highest BCUT2D eigenvalue weighted by Gasteiger charge is 2.00. The molecule has 0 heterocycles. The van der Waals surface area contributed by atoms with Crippen molar-refractivity contribution in [3.05, 3.63) is 0 Å². The van der Waals surface area contributed by atoms with Gasteiger partial charge in [-0.15, -0.1) is 11.6 Å². The van der Waals surface area contributed by atoms with E-state index in [4.69, 9.17) is 30.5 Å². The van der Waals surface area contributed by atoms with Crippen molar-refractivity contribution >= 4 is 17.7 Å². The van der Waals surface area contributed by atoms with E-state index in [0.717, 1.165) is 44.6 Å². The number of rotatable bonds is 17. The van der Waals surface area contributed by atoms with Crippen LogP contribution in [0.1, 0.15) is 39.0 Å². The molecule has 0 aliphatic carbocycles. The summed E-state index contributed by atoms with van der Waals surface area (Å²) < 4.78 is 20.9.